The molecule has 1 aliphatic carbocycles. The Hall–Kier alpha value is -2.24. The smallest absolute Gasteiger partial charge is 0.348 e. The number of carbonyl (C=O) groups is 2. The van der Waals surface area contributed by atoms with E-state index < -0.39 is 0 Å². The van der Waals surface area contributed by atoms with Crippen LogP contribution >= 0.6 is 11.3 Å². The van der Waals surface area contributed by atoms with Crippen molar-refractivity contribution >= 4 is 29.2 Å². The first-order valence-corrected chi connectivity index (χ1v) is 12.6. The van der Waals surface area contributed by atoms with Crippen LogP contribution < -0.4 is 0 Å². The van der Waals surface area contributed by atoms with Gasteiger partial charge in [-0.3, -0.25) is 9.69 Å². The highest BCUT2D eigenvalue weighted by molar-refractivity contribution is 7.17. The predicted molar refractivity (Wildman–Crippen MR) is 131 cm³/mol. The number of benzene rings is 1. The predicted octanol–water partition coefficient (Wildman–Crippen LogP) is 6.32. The fourth-order valence-corrected chi connectivity index (χ4v) is 6.24. The molecule has 0 saturated heterocycles. The molecule has 0 N–H and O–H groups in total. The lowest BCUT2D eigenvalue weighted by molar-refractivity contribution is 0.0606. The minimum atomic E-state index is -0.261. The third-order valence-electron chi connectivity index (χ3n) is 7.17. The molecule has 1 saturated carbocycles. The molecule has 0 atom stereocenters. The van der Waals surface area contributed by atoms with Gasteiger partial charge in [-0.1, -0.05) is 51.0 Å². The lowest BCUT2D eigenvalue weighted by Gasteiger charge is -2.37. The van der Waals surface area contributed by atoms with Crippen LogP contribution in [0.15, 0.2) is 35.9 Å². The van der Waals surface area contributed by atoms with E-state index >= 15 is 0 Å². The summed E-state index contributed by atoms with van der Waals surface area (Å²) in [4.78, 5) is 28.1. The van der Waals surface area contributed by atoms with Gasteiger partial charge in [-0.2, -0.15) is 0 Å². The zero-order valence-electron chi connectivity index (χ0n) is 19.4. The van der Waals surface area contributed by atoms with Crippen LogP contribution in [-0.4, -0.2) is 43.9 Å². The molecule has 2 heterocycles. The van der Waals surface area contributed by atoms with Gasteiger partial charge in [-0.25, -0.2) is 4.79 Å². The minimum absolute atomic E-state index is 0.261. The molecule has 1 aromatic carbocycles. The molecule has 170 valence electrons. The first-order chi connectivity index (χ1) is 15.5. The Morgan fingerprint density at radius 2 is 1.91 bits per heavy atom. The Morgan fingerprint density at radius 1 is 1.19 bits per heavy atom. The van der Waals surface area contributed by atoms with E-state index in [9.17, 15) is 9.59 Å². The van der Waals surface area contributed by atoms with Gasteiger partial charge in [-0.15, -0.1) is 11.3 Å². The molecule has 5 heteroatoms. The average molecular weight is 452 g/mol. The van der Waals surface area contributed by atoms with E-state index in [4.69, 9.17) is 4.74 Å². The number of nitrogens with zero attached hydrogens (tertiary/aromatic N) is 1. The molecule has 2 aliphatic rings. The first-order valence-electron chi connectivity index (χ1n) is 11.8. The molecule has 0 spiro atoms. The van der Waals surface area contributed by atoms with Gasteiger partial charge in [0.2, 0.25) is 0 Å². The standard InChI is InChI=1S/C27H33NO3S/c1-4-28-14-13-22(24(16-28)20-9-5-18(2)6-10-20)23-15-25(32-26(23)27(30)31-3)21-11-7-19(17-29)8-12-21/h7-8,11-12,15,17-18,20H,4-6,9-10,13-14,16H2,1-3H3. The van der Waals surface area contributed by atoms with Gasteiger partial charge in [0.25, 0.3) is 0 Å². The van der Waals surface area contributed by atoms with Gasteiger partial charge in [0.05, 0.1) is 7.11 Å². The van der Waals surface area contributed by atoms with E-state index in [0.717, 1.165) is 54.3 Å². The molecule has 0 radical (unpaired) electrons. The summed E-state index contributed by atoms with van der Waals surface area (Å²) in [6.07, 6.45) is 6.89. The van der Waals surface area contributed by atoms with Crippen LogP contribution in [0.1, 0.15) is 71.5 Å². The Labute approximate surface area is 195 Å². The van der Waals surface area contributed by atoms with E-state index in [1.807, 2.05) is 24.3 Å². The number of hydrogen-bond acceptors (Lipinski definition) is 5. The molecule has 0 bridgehead atoms. The van der Waals surface area contributed by atoms with Crippen molar-refractivity contribution < 1.29 is 14.3 Å². The van der Waals surface area contributed by atoms with E-state index in [1.54, 1.807) is 0 Å². The summed E-state index contributed by atoms with van der Waals surface area (Å²) in [5.74, 6) is 1.16. The van der Waals surface area contributed by atoms with Gasteiger partial charge in [0, 0.05) is 29.1 Å². The molecular formula is C27H33NO3S. The third kappa shape index (κ3) is 4.74. The number of ether oxygens (including phenoxy) is 1. The van der Waals surface area contributed by atoms with Gasteiger partial charge in [0.15, 0.2) is 0 Å². The largest absolute Gasteiger partial charge is 0.465 e. The van der Waals surface area contributed by atoms with Crippen molar-refractivity contribution in [3.8, 4) is 10.4 Å². The maximum Gasteiger partial charge on any atom is 0.348 e. The molecule has 2 aromatic rings. The molecule has 0 amide bonds. The Morgan fingerprint density at radius 3 is 2.53 bits per heavy atom. The quantitative estimate of drug-likeness (QED) is 0.381. The Kier molecular flexibility index (Phi) is 7.27. The summed E-state index contributed by atoms with van der Waals surface area (Å²) < 4.78 is 5.18. The van der Waals surface area contributed by atoms with Crippen LogP contribution in [-0.2, 0) is 4.74 Å². The molecule has 4 rings (SSSR count). The topological polar surface area (TPSA) is 46.6 Å². The molecular weight excluding hydrogens is 418 g/mol. The van der Waals surface area contributed by atoms with Gasteiger partial charge in [0.1, 0.15) is 11.2 Å². The number of rotatable bonds is 6. The highest BCUT2D eigenvalue weighted by Gasteiger charge is 2.31. The van der Waals surface area contributed by atoms with Crippen LogP contribution in [0.3, 0.4) is 0 Å². The summed E-state index contributed by atoms with van der Waals surface area (Å²) in [5, 5.41) is 0. The molecule has 1 aliphatic heterocycles. The van der Waals surface area contributed by atoms with E-state index in [2.05, 4.69) is 24.8 Å². The number of carbonyl (C=O) groups excluding carboxylic acids is 2. The van der Waals surface area contributed by atoms with Crippen LogP contribution in [0.4, 0.5) is 0 Å². The van der Waals surface area contributed by atoms with Gasteiger partial charge >= 0.3 is 5.97 Å². The number of hydrogen-bond donors (Lipinski definition) is 0. The highest BCUT2D eigenvalue weighted by Crippen LogP contribution is 2.43. The van der Waals surface area contributed by atoms with Crippen molar-refractivity contribution in [1.29, 1.82) is 0 Å². The number of likely N-dealkylation sites (N-methyl/N-ethyl adjacent to an activating group) is 1. The van der Waals surface area contributed by atoms with Crippen molar-refractivity contribution in [2.24, 2.45) is 11.8 Å². The van der Waals surface area contributed by atoms with Crippen molar-refractivity contribution in [3.05, 3.63) is 51.9 Å². The monoisotopic (exact) mass is 451 g/mol. The highest BCUT2D eigenvalue weighted by atomic mass is 32.1. The number of methoxy groups -OCH3 is 1. The molecule has 1 fully saturated rings. The van der Waals surface area contributed by atoms with Crippen molar-refractivity contribution in [3.63, 3.8) is 0 Å². The molecule has 1 aromatic heterocycles. The van der Waals surface area contributed by atoms with E-state index in [0.29, 0.717) is 16.4 Å². The normalized spacial score (nSPS) is 22.1. The third-order valence-corrected chi connectivity index (χ3v) is 8.34. The van der Waals surface area contributed by atoms with Crippen molar-refractivity contribution in [1.82, 2.24) is 4.90 Å². The second-order valence-corrected chi connectivity index (χ2v) is 10.2. The number of aldehydes is 1. The van der Waals surface area contributed by atoms with Crippen LogP contribution in [0.5, 0.6) is 0 Å². The maximum absolute atomic E-state index is 12.8. The second-order valence-electron chi connectivity index (χ2n) is 9.16. The zero-order valence-corrected chi connectivity index (χ0v) is 20.2. The maximum atomic E-state index is 12.8. The summed E-state index contributed by atoms with van der Waals surface area (Å²) in [7, 11) is 1.46. The first kappa shape index (κ1) is 22.9. The molecule has 0 unspecified atom stereocenters. The van der Waals surface area contributed by atoms with E-state index in [1.165, 1.54) is 55.3 Å². The van der Waals surface area contributed by atoms with Crippen LogP contribution in [0.25, 0.3) is 16.0 Å². The fraction of sp³-hybridized carbons (Fsp3) is 0.481. The Bertz CT molecular complexity index is 996. The number of esters is 1. The van der Waals surface area contributed by atoms with Crippen LogP contribution in [0, 0.1) is 11.8 Å². The van der Waals surface area contributed by atoms with Gasteiger partial charge < -0.3 is 4.74 Å². The zero-order chi connectivity index (χ0) is 22.7. The Balaban J connectivity index is 1.79. The summed E-state index contributed by atoms with van der Waals surface area (Å²) in [6.45, 7) is 7.68. The number of thiophene rings is 1. The summed E-state index contributed by atoms with van der Waals surface area (Å²) >= 11 is 1.50. The SMILES string of the molecule is CCN1CCC(c2cc(-c3ccc(C=O)cc3)sc2C(=O)OC)=C(C2CCC(C)CC2)C1. The van der Waals surface area contributed by atoms with Gasteiger partial charge in [-0.05, 0) is 60.4 Å². The summed E-state index contributed by atoms with van der Waals surface area (Å²) in [6, 6.07) is 9.74. The molecule has 32 heavy (non-hydrogen) atoms. The fourth-order valence-electron chi connectivity index (χ4n) is 5.14. The lowest BCUT2D eigenvalue weighted by atomic mass is 9.75. The minimum Gasteiger partial charge on any atom is -0.465 e. The van der Waals surface area contributed by atoms with E-state index in [-0.39, 0.29) is 5.97 Å². The molecule has 4 nitrogen and oxygen atoms in total. The average Bonchev–Trinajstić information content (AvgIpc) is 3.29. The summed E-state index contributed by atoms with van der Waals surface area (Å²) in [5.41, 5.74) is 5.64. The second kappa shape index (κ2) is 10.1. The van der Waals surface area contributed by atoms with Crippen LogP contribution in [0.2, 0.25) is 0 Å². The van der Waals surface area contributed by atoms with Crippen molar-refractivity contribution in [2.75, 3.05) is 26.7 Å². The lowest BCUT2D eigenvalue weighted by Crippen LogP contribution is -2.34. The van der Waals surface area contributed by atoms with Crippen molar-refractivity contribution in [2.45, 2.75) is 46.0 Å².